The van der Waals surface area contributed by atoms with Crippen molar-refractivity contribution < 1.29 is 15.0 Å². The van der Waals surface area contributed by atoms with Crippen LogP contribution in [0.5, 0.6) is 0 Å². The lowest BCUT2D eigenvalue weighted by atomic mass is 9.91. The van der Waals surface area contributed by atoms with E-state index in [1.165, 1.54) is 11.1 Å². The summed E-state index contributed by atoms with van der Waals surface area (Å²) in [5.74, 6) is 1.14. The number of nitrogens with one attached hydrogen (secondary N) is 3. The van der Waals surface area contributed by atoms with E-state index in [1.54, 1.807) is 13.3 Å². The van der Waals surface area contributed by atoms with Gasteiger partial charge in [0.05, 0.1) is 18.4 Å². The van der Waals surface area contributed by atoms with Crippen molar-refractivity contribution in [3.8, 4) is 0 Å². The first-order chi connectivity index (χ1) is 21.0. The number of aliphatic hydroxyl groups excluding tert-OH is 2. The van der Waals surface area contributed by atoms with Gasteiger partial charge in [-0.05, 0) is 30.5 Å². The van der Waals surface area contributed by atoms with Crippen LogP contribution in [0.1, 0.15) is 49.3 Å². The van der Waals surface area contributed by atoms with Gasteiger partial charge in [-0.25, -0.2) is 4.98 Å². The molecule has 1 aliphatic heterocycles. The SMILES string of the molecule is CCC(=O)N[C@H]1C[C@@H](n2cnc3c(NCC(c4ccccc4)c4ccccc4)nc(N4CCCNCC4)nc32)[C@H](O)[C@@H]1O. The number of fused-ring (bicyclic) bond motifs is 1. The molecule has 11 nitrogen and oxygen atoms in total. The quantitative estimate of drug-likeness (QED) is 0.201. The van der Waals surface area contributed by atoms with E-state index in [2.05, 4.69) is 69.4 Å². The maximum atomic E-state index is 12.1. The van der Waals surface area contributed by atoms with Crippen LogP contribution >= 0.6 is 0 Å². The molecule has 4 atom stereocenters. The van der Waals surface area contributed by atoms with Crippen molar-refractivity contribution in [3.05, 3.63) is 78.1 Å². The molecule has 3 heterocycles. The first-order valence-electron chi connectivity index (χ1n) is 15.2. The summed E-state index contributed by atoms with van der Waals surface area (Å²) in [4.78, 5) is 29.0. The lowest BCUT2D eigenvalue weighted by Crippen LogP contribution is -2.42. The minimum atomic E-state index is -1.09. The van der Waals surface area contributed by atoms with Crippen molar-refractivity contribution in [1.29, 1.82) is 0 Å². The van der Waals surface area contributed by atoms with Gasteiger partial charge in [-0.1, -0.05) is 67.6 Å². The molecule has 0 spiro atoms. The van der Waals surface area contributed by atoms with Crippen LogP contribution in [0.15, 0.2) is 67.0 Å². The lowest BCUT2D eigenvalue weighted by molar-refractivity contribution is -0.122. The maximum absolute atomic E-state index is 12.1. The van der Waals surface area contributed by atoms with Crippen LogP contribution < -0.4 is 20.9 Å². The Kier molecular flexibility index (Phi) is 8.82. The molecule has 6 rings (SSSR count). The largest absolute Gasteiger partial charge is 0.388 e. The van der Waals surface area contributed by atoms with E-state index in [9.17, 15) is 15.0 Å². The second kappa shape index (κ2) is 13.1. The molecule has 11 heteroatoms. The van der Waals surface area contributed by atoms with Crippen molar-refractivity contribution in [1.82, 2.24) is 30.2 Å². The number of hydrogen-bond donors (Lipinski definition) is 5. The smallest absolute Gasteiger partial charge is 0.229 e. The minimum Gasteiger partial charge on any atom is -0.388 e. The number of imidazole rings is 1. The number of anilines is 2. The summed E-state index contributed by atoms with van der Waals surface area (Å²) in [5.41, 5.74) is 3.57. The molecule has 2 aromatic heterocycles. The van der Waals surface area contributed by atoms with Crippen LogP contribution in [-0.2, 0) is 4.79 Å². The summed E-state index contributed by atoms with van der Waals surface area (Å²) < 4.78 is 1.83. The van der Waals surface area contributed by atoms with E-state index in [1.807, 2.05) is 16.7 Å². The number of aromatic nitrogens is 4. The monoisotopic (exact) mass is 584 g/mol. The molecular formula is C32H40N8O3. The van der Waals surface area contributed by atoms with Crippen LogP contribution in [0.25, 0.3) is 11.2 Å². The molecular weight excluding hydrogens is 544 g/mol. The van der Waals surface area contributed by atoms with Crippen LogP contribution in [0.3, 0.4) is 0 Å². The second-order valence-electron chi connectivity index (χ2n) is 11.4. The minimum absolute atomic E-state index is 0.0788. The third-order valence-electron chi connectivity index (χ3n) is 8.59. The number of amides is 1. The normalized spacial score (nSPS) is 22.6. The van der Waals surface area contributed by atoms with Gasteiger partial charge >= 0.3 is 0 Å². The fourth-order valence-electron chi connectivity index (χ4n) is 6.19. The summed E-state index contributed by atoms with van der Waals surface area (Å²) in [6.07, 6.45) is 1.12. The van der Waals surface area contributed by atoms with E-state index < -0.39 is 24.3 Å². The van der Waals surface area contributed by atoms with Gasteiger partial charge in [-0.3, -0.25) is 4.79 Å². The zero-order valence-electron chi connectivity index (χ0n) is 24.4. The second-order valence-corrected chi connectivity index (χ2v) is 11.4. The van der Waals surface area contributed by atoms with Gasteiger partial charge in [-0.15, -0.1) is 0 Å². The summed E-state index contributed by atoms with van der Waals surface area (Å²) >= 11 is 0. The van der Waals surface area contributed by atoms with Gasteiger partial charge in [0, 0.05) is 38.5 Å². The van der Waals surface area contributed by atoms with E-state index >= 15 is 0 Å². The Balaban J connectivity index is 1.36. The maximum Gasteiger partial charge on any atom is 0.229 e. The predicted octanol–water partition coefficient (Wildman–Crippen LogP) is 2.43. The molecule has 0 unspecified atom stereocenters. The molecule has 1 saturated heterocycles. The third-order valence-corrected chi connectivity index (χ3v) is 8.59. The van der Waals surface area contributed by atoms with E-state index in [0.29, 0.717) is 42.3 Å². The highest BCUT2D eigenvalue weighted by Gasteiger charge is 2.43. The average molecular weight is 585 g/mol. The van der Waals surface area contributed by atoms with Crippen molar-refractivity contribution in [3.63, 3.8) is 0 Å². The topological polar surface area (TPSA) is 140 Å². The standard InChI is InChI=1S/C32H40N8O3/c1-2-26(41)36-24-18-25(29(43)28(24)42)40-20-35-27-30(37-32(38-31(27)40)39-16-9-14-33-15-17-39)34-19-23(21-10-5-3-6-11-21)22-12-7-4-8-13-22/h3-8,10-13,20,23-25,28-29,33,42-43H,2,9,14-19H2,1H3,(H,36,41)(H,34,37,38)/t24-,25+,28+,29-/m0/s1. The Morgan fingerprint density at radius 3 is 2.42 bits per heavy atom. The average Bonchev–Trinajstić information content (AvgIpc) is 3.44. The van der Waals surface area contributed by atoms with Crippen molar-refractivity contribution >= 4 is 28.8 Å². The molecule has 1 aliphatic carbocycles. The number of carbonyl (C=O) groups excluding carboxylic acids is 1. The van der Waals surface area contributed by atoms with Crippen molar-refractivity contribution in [2.45, 2.75) is 56.4 Å². The van der Waals surface area contributed by atoms with Gasteiger partial charge in [0.1, 0.15) is 12.2 Å². The fraction of sp³-hybridized carbons (Fsp3) is 0.438. The number of benzene rings is 2. The third kappa shape index (κ3) is 6.20. The molecule has 1 saturated carbocycles. The van der Waals surface area contributed by atoms with Crippen molar-refractivity contribution in [2.24, 2.45) is 0 Å². The Morgan fingerprint density at radius 2 is 1.72 bits per heavy atom. The molecule has 5 N–H and O–H groups in total. The molecule has 4 aromatic rings. The van der Waals surface area contributed by atoms with E-state index in [0.717, 1.165) is 32.6 Å². The molecule has 226 valence electrons. The van der Waals surface area contributed by atoms with Gasteiger partial charge < -0.3 is 35.6 Å². The first kappa shape index (κ1) is 29.0. The molecule has 2 aliphatic rings. The van der Waals surface area contributed by atoms with Gasteiger partial charge in [0.25, 0.3) is 0 Å². The van der Waals surface area contributed by atoms with Crippen LogP contribution in [-0.4, -0.2) is 86.6 Å². The summed E-state index contributed by atoms with van der Waals surface area (Å²) in [6.45, 7) is 5.71. The highest BCUT2D eigenvalue weighted by Crippen LogP contribution is 2.35. The Labute approximate surface area is 251 Å². The summed E-state index contributed by atoms with van der Waals surface area (Å²) in [7, 11) is 0. The van der Waals surface area contributed by atoms with Crippen LogP contribution in [0.2, 0.25) is 0 Å². The predicted molar refractivity (Wildman–Crippen MR) is 166 cm³/mol. The Hall–Kier alpha value is -4.06. The highest BCUT2D eigenvalue weighted by atomic mass is 16.3. The molecule has 0 radical (unpaired) electrons. The molecule has 2 aromatic carbocycles. The number of rotatable bonds is 9. The lowest BCUT2D eigenvalue weighted by Gasteiger charge is -2.23. The molecule has 0 bridgehead atoms. The fourth-order valence-corrected chi connectivity index (χ4v) is 6.19. The zero-order valence-corrected chi connectivity index (χ0v) is 24.4. The Morgan fingerprint density at radius 1 is 1.00 bits per heavy atom. The number of carbonyl (C=O) groups is 1. The summed E-state index contributed by atoms with van der Waals surface area (Å²) in [5, 5.41) is 31.8. The van der Waals surface area contributed by atoms with Gasteiger partial charge in [0.2, 0.25) is 11.9 Å². The van der Waals surface area contributed by atoms with Crippen molar-refractivity contribution in [2.75, 3.05) is 42.9 Å². The van der Waals surface area contributed by atoms with E-state index in [-0.39, 0.29) is 11.8 Å². The van der Waals surface area contributed by atoms with Gasteiger partial charge in [-0.2, -0.15) is 9.97 Å². The van der Waals surface area contributed by atoms with Crippen LogP contribution in [0, 0.1) is 0 Å². The van der Waals surface area contributed by atoms with E-state index in [4.69, 9.17) is 15.0 Å². The molecule has 43 heavy (non-hydrogen) atoms. The number of hydrogen-bond acceptors (Lipinski definition) is 9. The summed E-state index contributed by atoms with van der Waals surface area (Å²) in [6, 6.07) is 19.8. The Bertz CT molecular complexity index is 1470. The number of aliphatic hydroxyl groups is 2. The zero-order chi connectivity index (χ0) is 29.8. The first-order valence-corrected chi connectivity index (χ1v) is 15.2. The molecule has 1 amide bonds. The van der Waals surface area contributed by atoms with Crippen LogP contribution in [0.4, 0.5) is 11.8 Å². The van der Waals surface area contributed by atoms with Gasteiger partial charge in [0.15, 0.2) is 17.0 Å². The molecule has 2 fully saturated rings. The number of nitrogens with zero attached hydrogens (tertiary/aromatic N) is 5. The highest BCUT2D eigenvalue weighted by molar-refractivity contribution is 5.84.